The van der Waals surface area contributed by atoms with Gasteiger partial charge in [-0.05, 0) is 62.2 Å². The molecule has 0 aliphatic heterocycles. The Kier molecular flexibility index (Phi) is 5.27. The molecule has 0 unspecified atom stereocenters. The van der Waals surface area contributed by atoms with E-state index in [1.807, 2.05) is 32.9 Å². The molecule has 4 nitrogen and oxygen atoms in total. The Hall–Kier alpha value is -3.13. The molecule has 0 aliphatic carbocycles. The lowest BCUT2D eigenvalue weighted by molar-refractivity contribution is -0.132. The van der Waals surface area contributed by atoms with Crippen LogP contribution in [0.2, 0.25) is 0 Å². The molecule has 0 aliphatic rings. The topological polar surface area (TPSA) is 59.9 Å². The van der Waals surface area contributed by atoms with Crippen LogP contribution in [0, 0.1) is 24.1 Å². The summed E-state index contributed by atoms with van der Waals surface area (Å²) in [6.07, 6.45) is 0.212. The maximum atomic E-state index is 13.7. The van der Waals surface area contributed by atoms with Crippen LogP contribution in [0.25, 0.3) is 10.9 Å². The molecule has 2 aromatic carbocycles. The van der Waals surface area contributed by atoms with E-state index in [1.54, 1.807) is 23.1 Å². The Bertz CT molecular complexity index is 1010. The maximum Gasteiger partial charge on any atom is 0.227 e. The number of rotatable bonds is 5. The van der Waals surface area contributed by atoms with Gasteiger partial charge in [-0.2, -0.15) is 5.26 Å². The number of benzene rings is 2. The Morgan fingerprint density at radius 3 is 2.56 bits per heavy atom. The van der Waals surface area contributed by atoms with Crippen molar-refractivity contribution in [1.82, 2.24) is 9.88 Å². The Morgan fingerprint density at radius 2 is 1.93 bits per heavy atom. The zero-order chi connectivity index (χ0) is 19.6. The van der Waals surface area contributed by atoms with Gasteiger partial charge in [0.25, 0.3) is 0 Å². The molecule has 138 valence electrons. The summed E-state index contributed by atoms with van der Waals surface area (Å²) in [6.45, 7) is 6.32. The molecule has 0 bridgehead atoms. The Balaban J connectivity index is 1.84. The first kappa shape index (κ1) is 18.7. The molecule has 0 radical (unpaired) electrons. The lowest BCUT2D eigenvalue weighted by Gasteiger charge is -2.27. The van der Waals surface area contributed by atoms with E-state index in [2.05, 4.69) is 11.1 Å². The van der Waals surface area contributed by atoms with Crippen LogP contribution >= 0.6 is 0 Å². The van der Waals surface area contributed by atoms with Crippen molar-refractivity contribution in [2.45, 2.75) is 39.8 Å². The molecule has 1 amide bonds. The van der Waals surface area contributed by atoms with Gasteiger partial charge in [-0.3, -0.25) is 4.79 Å². The number of hydrogen-bond donors (Lipinski definition) is 1. The molecule has 0 atom stereocenters. The Labute approximate surface area is 158 Å². The monoisotopic (exact) mass is 363 g/mol. The van der Waals surface area contributed by atoms with Crippen LogP contribution in [0.4, 0.5) is 4.39 Å². The molecule has 27 heavy (non-hydrogen) atoms. The van der Waals surface area contributed by atoms with Crippen molar-refractivity contribution in [2.24, 2.45) is 0 Å². The van der Waals surface area contributed by atoms with Crippen LogP contribution < -0.4 is 0 Å². The van der Waals surface area contributed by atoms with E-state index in [9.17, 15) is 9.18 Å². The lowest BCUT2D eigenvalue weighted by Crippen LogP contribution is -2.37. The lowest BCUT2D eigenvalue weighted by atomic mass is 10.1. The summed E-state index contributed by atoms with van der Waals surface area (Å²) in [6, 6.07) is 13.9. The van der Waals surface area contributed by atoms with Gasteiger partial charge in [0.1, 0.15) is 5.82 Å². The number of H-pyrrole nitrogens is 1. The van der Waals surface area contributed by atoms with Gasteiger partial charge in [0.05, 0.1) is 18.1 Å². The molecule has 5 heteroatoms. The summed E-state index contributed by atoms with van der Waals surface area (Å²) < 4.78 is 13.7. The number of halogens is 1. The van der Waals surface area contributed by atoms with E-state index in [1.165, 1.54) is 12.1 Å². The summed E-state index contributed by atoms with van der Waals surface area (Å²) in [5.41, 5.74) is 4.11. The van der Waals surface area contributed by atoms with E-state index in [4.69, 9.17) is 5.26 Å². The first-order valence-electron chi connectivity index (χ1n) is 8.94. The standard InChI is InChI=1S/C22H22FN3O/c1-14(2)26(13-17-6-4-16(12-24)5-7-17)22(27)11-19-15(3)25-21-9-8-18(23)10-20(19)21/h4-10,14,25H,11,13H2,1-3H3. The number of aromatic amines is 1. The number of carbonyl (C=O) groups excluding carboxylic acids is 1. The SMILES string of the molecule is Cc1[nH]c2ccc(F)cc2c1CC(=O)N(Cc1ccc(C#N)cc1)C(C)C. The van der Waals surface area contributed by atoms with E-state index < -0.39 is 0 Å². The molecule has 1 aromatic heterocycles. The molecule has 1 N–H and O–H groups in total. The summed E-state index contributed by atoms with van der Waals surface area (Å²) >= 11 is 0. The number of fused-ring (bicyclic) bond motifs is 1. The summed E-state index contributed by atoms with van der Waals surface area (Å²) in [5.74, 6) is -0.323. The second kappa shape index (κ2) is 7.63. The summed E-state index contributed by atoms with van der Waals surface area (Å²) in [4.78, 5) is 18.1. The fourth-order valence-corrected chi connectivity index (χ4v) is 3.28. The normalized spacial score (nSPS) is 11.0. The quantitative estimate of drug-likeness (QED) is 0.727. The van der Waals surface area contributed by atoms with Gasteiger partial charge in [0.2, 0.25) is 5.91 Å². The summed E-state index contributed by atoms with van der Waals surface area (Å²) in [7, 11) is 0. The minimum atomic E-state index is -0.312. The van der Waals surface area contributed by atoms with Gasteiger partial charge in [-0.15, -0.1) is 0 Å². The molecular weight excluding hydrogens is 341 g/mol. The largest absolute Gasteiger partial charge is 0.358 e. The van der Waals surface area contributed by atoms with Crippen molar-refractivity contribution >= 4 is 16.8 Å². The zero-order valence-electron chi connectivity index (χ0n) is 15.7. The van der Waals surface area contributed by atoms with Crippen LogP contribution in [-0.4, -0.2) is 21.8 Å². The first-order valence-corrected chi connectivity index (χ1v) is 8.94. The second-order valence-electron chi connectivity index (χ2n) is 7.02. The number of carbonyl (C=O) groups is 1. The van der Waals surface area contributed by atoms with Crippen LogP contribution in [0.5, 0.6) is 0 Å². The number of aromatic nitrogens is 1. The minimum Gasteiger partial charge on any atom is -0.358 e. The van der Waals surface area contributed by atoms with Gasteiger partial charge >= 0.3 is 0 Å². The summed E-state index contributed by atoms with van der Waals surface area (Å²) in [5, 5.41) is 9.67. The highest BCUT2D eigenvalue weighted by atomic mass is 19.1. The molecule has 0 saturated heterocycles. The average molecular weight is 363 g/mol. The minimum absolute atomic E-state index is 0.0115. The second-order valence-corrected chi connectivity index (χ2v) is 7.02. The van der Waals surface area contributed by atoms with Crippen molar-refractivity contribution in [3.05, 3.63) is 70.7 Å². The van der Waals surface area contributed by atoms with Crippen LogP contribution in [0.3, 0.4) is 0 Å². The van der Waals surface area contributed by atoms with E-state index >= 15 is 0 Å². The molecule has 1 heterocycles. The molecule has 3 rings (SSSR count). The highest BCUT2D eigenvalue weighted by molar-refractivity contribution is 5.90. The van der Waals surface area contributed by atoms with Gasteiger partial charge < -0.3 is 9.88 Å². The van der Waals surface area contributed by atoms with E-state index in [0.717, 1.165) is 27.7 Å². The van der Waals surface area contributed by atoms with Crippen molar-refractivity contribution in [3.8, 4) is 6.07 Å². The van der Waals surface area contributed by atoms with Crippen molar-refractivity contribution in [1.29, 1.82) is 5.26 Å². The molecule has 0 spiro atoms. The smallest absolute Gasteiger partial charge is 0.227 e. The van der Waals surface area contributed by atoms with Gasteiger partial charge in [-0.25, -0.2) is 4.39 Å². The third kappa shape index (κ3) is 4.01. The van der Waals surface area contributed by atoms with Gasteiger partial charge in [-0.1, -0.05) is 12.1 Å². The van der Waals surface area contributed by atoms with Crippen molar-refractivity contribution < 1.29 is 9.18 Å². The van der Waals surface area contributed by atoms with Crippen molar-refractivity contribution in [2.75, 3.05) is 0 Å². The van der Waals surface area contributed by atoms with E-state index in [-0.39, 0.29) is 24.2 Å². The number of amides is 1. The number of hydrogen-bond acceptors (Lipinski definition) is 2. The fraction of sp³-hybridized carbons (Fsp3) is 0.273. The molecule has 0 saturated carbocycles. The number of nitrogens with one attached hydrogen (secondary N) is 1. The third-order valence-corrected chi connectivity index (χ3v) is 4.79. The average Bonchev–Trinajstić information content (AvgIpc) is 2.94. The molecule has 3 aromatic rings. The molecule has 0 fully saturated rings. The van der Waals surface area contributed by atoms with Gasteiger partial charge in [0.15, 0.2) is 0 Å². The van der Waals surface area contributed by atoms with Crippen LogP contribution in [0.1, 0.15) is 36.2 Å². The number of aryl methyl sites for hydroxylation is 1. The van der Waals surface area contributed by atoms with Crippen LogP contribution in [-0.2, 0) is 17.8 Å². The number of nitriles is 1. The highest BCUT2D eigenvalue weighted by Crippen LogP contribution is 2.24. The maximum absolute atomic E-state index is 13.7. The van der Waals surface area contributed by atoms with Crippen LogP contribution in [0.15, 0.2) is 42.5 Å². The predicted octanol–water partition coefficient (Wildman–Crippen LogP) is 4.47. The predicted molar refractivity (Wildman–Crippen MR) is 104 cm³/mol. The zero-order valence-corrected chi connectivity index (χ0v) is 15.7. The van der Waals surface area contributed by atoms with Crippen molar-refractivity contribution in [3.63, 3.8) is 0 Å². The highest BCUT2D eigenvalue weighted by Gasteiger charge is 2.20. The number of nitrogens with zero attached hydrogens (tertiary/aromatic N) is 2. The first-order chi connectivity index (χ1) is 12.9. The van der Waals surface area contributed by atoms with Gasteiger partial charge in [0, 0.05) is 29.2 Å². The molecular formula is C22H22FN3O. The fourth-order valence-electron chi connectivity index (χ4n) is 3.28. The van der Waals surface area contributed by atoms with E-state index in [0.29, 0.717) is 12.1 Å². The Morgan fingerprint density at radius 1 is 1.22 bits per heavy atom. The third-order valence-electron chi connectivity index (χ3n) is 4.79.